The lowest BCUT2D eigenvalue weighted by atomic mass is 10.2. The van der Waals surface area contributed by atoms with Gasteiger partial charge in [-0.05, 0) is 34.3 Å². The molecular weight excluding hydrogens is 260 g/mol. The van der Waals surface area contributed by atoms with Crippen LogP contribution in [0.4, 0.5) is 0 Å². The minimum absolute atomic E-state index is 0.520. The number of benzene rings is 1. The van der Waals surface area contributed by atoms with Gasteiger partial charge in [-0.25, -0.2) is 9.67 Å². The first kappa shape index (κ1) is 11.6. The molecule has 3 rings (SSSR count). The molecule has 0 bridgehead atoms. The van der Waals surface area contributed by atoms with E-state index in [0.29, 0.717) is 15.7 Å². The van der Waals surface area contributed by atoms with E-state index in [-0.39, 0.29) is 0 Å². The van der Waals surface area contributed by atoms with Crippen LogP contribution in [0.15, 0.2) is 40.5 Å². The summed E-state index contributed by atoms with van der Waals surface area (Å²) in [6.07, 6.45) is 0. The molecule has 1 aromatic carbocycles. The number of tetrazole rings is 1. The topological polar surface area (TPSA) is 80.3 Å². The summed E-state index contributed by atoms with van der Waals surface area (Å²) in [6, 6.07) is 11.7. The van der Waals surface area contributed by atoms with E-state index in [4.69, 9.17) is 0 Å². The minimum Gasteiger partial charge on any atom is -0.240 e. The second kappa shape index (κ2) is 4.66. The van der Waals surface area contributed by atoms with Gasteiger partial charge < -0.3 is 0 Å². The first-order valence-electron chi connectivity index (χ1n) is 5.48. The minimum atomic E-state index is 0.520. The highest BCUT2D eigenvalue weighted by molar-refractivity contribution is 7.99. The number of hydrogen-bond acceptors (Lipinski definition) is 6. The predicted molar refractivity (Wildman–Crippen MR) is 69.4 cm³/mol. The Bertz CT molecular complexity index is 788. The Labute approximate surface area is 113 Å². The maximum Gasteiger partial charge on any atom is 0.215 e. The van der Waals surface area contributed by atoms with Crippen LogP contribution in [0.25, 0.3) is 10.9 Å². The number of para-hydroxylation sites is 1. The lowest BCUT2D eigenvalue weighted by molar-refractivity contribution is 0.664. The van der Waals surface area contributed by atoms with Crippen molar-refractivity contribution in [1.29, 1.82) is 5.26 Å². The number of fused-ring (bicyclic) bond motifs is 1. The number of hydrogen-bond donors (Lipinski definition) is 0. The SMILES string of the molecule is Cn1nnnc1Sc1nc2ccccc2cc1C#N. The maximum atomic E-state index is 9.21. The lowest BCUT2D eigenvalue weighted by Gasteiger charge is -2.04. The van der Waals surface area contributed by atoms with Crippen molar-refractivity contribution in [2.24, 2.45) is 7.05 Å². The van der Waals surface area contributed by atoms with E-state index in [1.165, 1.54) is 11.8 Å². The Morgan fingerprint density at radius 3 is 2.89 bits per heavy atom. The van der Waals surface area contributed by atoms with E-state index in [1.54, 1.807) is 11.7 Å². The van der Waals surface area contributed by atoms with Crippen molar-refractivity contribution < 1.29 is 0 Å². The molecule has 0 saturated carbocycles. The molecule has 0 atom stereocenters. The zero-order chi connectivity index (χ0) is 13.2. The highest BCUT2D eigenvalue weighted by Crippen LogP contribution is 2.28. The molecule has 19 heavy (non-hydrogen) atoms. The second-order valence-electron chi connectivity index (χ2n) is 3.83. The van der Waals surface area contributed by atoms with Gasteiger partial charge in [-0.1, -0.05) is 18.2 Å². The third-order valence-corrected chi connectivity index (χ3v) is 3.61. The lowest BCUT2D eigenvalue weighted by Crippen LogP contribution is -1.95. The smallest absolute Gasteiger partial charge is 0.215 e. The van der Waals surface area contributed by atoms with Gasteiger partial charge >= 0.3 is 0 Å². The van der Waals surface area contributed by atoms with E-state index >= 15 is 0 Å². The standard InChI is InChI=1S/C12H8N6S/c1-18-12(15-16-17-18)19-11-9(7-13)6-8-4-2-3-5-10(8)14-11/h2-6H,1H3. The molecule has 0 aliphatic heterocycles. The van der Waals surface area contributed by atoms with E-state index < -0.39 is 0 Å². The molecule has 0 fully saturated rings. The molecule has 0 spiro atoms. The molecule has 0 aliphatic rings. The molecule has 2 heterocycles. The summed E-state index contributed by atoms with van der Waals surface area (Å²) in [5.41, 5.74) is 1.37. The summed E-state index contributed by atoms with van der Waals surface area (Å²) in [4.78, 5) is 4.49. The van der Waals surface area contributed by atoms with E-state index in [2.05, 4.69) is 26.6 Å². The summed E-state index contributed by atoms with van der Waals surface area (Å²) in [7, 11) is 1.75. The molecule has 2 aromatic heterocycles. The van der Waals surface area contributed by atoms with Crippen LogP contribution in [0.5, 0.6) is 0 Å². The van der Waals surface area contributed by atoms with Crippen LogP contribution in [-0.4, -0.2) is 25.2 Å². The van der Waals surface area contributed by atoms with Gasteiger partial charge in [0.1, 0.15) is 11.1 Å². The molecule has 0 saturated heterocycles. The van der Waals surface area contributed by atoms with Crippen LogP contribution >= 0.6 is 11.8 Å². The van der Waals surface area contributed by atoms with Crippen molar-refractivity contribution in [1.82, 2.24) is 25.2 Å². The fraction of sp³-hybridized carbons (Fsp3) is 0.0833. The number of aryl methyl sites for hydroxylation is 1. The van der Waals surface area contributed by atoms with Gasteiger partial charge in [-0.15, -0.1) is 5.10 Å². The third-order valence-electron chi connectivity index (χ3n) is 2.58. The Morgan fingerprint density at radius 2 is 2.16 bits per heavy atom. The molecule has 0 amide bonds. The van der Waals surface area contributed by atoms with Crippen LogP contribution in [0.3, 0.4) is 0 Å². The van der Waals surface area contributed by atoms with Crippen LogP contribution in [-0.2, 0) is 7.05 Å². The summed E-state index contributed by atoms with van der Waals surface area (Å²) >= 11 is 1.28. The van der Waals surface area contributed by atoms with Crippen molar-refractivity contribution >= 4 is 22.7 Å². The average molecular weight is 268 g/mol. The fourth-order valence-electron chi connectivity index (χ4n) is 1.65. The van der Waals surface area contributed by atoms with E-state index in [9.17, 15) is 5.26 Å². The number of rotatable bonds is 2. The molecule has 0 N–H and O–H groups in total. The molecule has 6 nitrogen and oxygen atoms in total. The summed E-state index contributed by atoms with van der Waals surface area (Å²) < 4.78 is 1.54. The fourth-order valence-corrected chi connectivity index (χ4v) is 2.43. The molecule has 0 unspecified atom stereocenters. The maximum absolute atomic E-state index is 9.21. The average Bonchev–Trinajstić information content (AvgIpc) is 2.83. The highest BCUT2D eigenvalue weighted by Gasteiger charge is 2.12. The normalized spacial score (nSPS) is 10.5. The van der Waals surface area contributed by atoms with Crippen molar-refractivity contribution in [2.75, 3.05) is 0 Å². The molecule has 0 aliphatic carbocycles. The summed E-state index contributed by atoms with van der Waals surface area (Å²) in [5.74, 6) is 0. The van der Waals surface area contributed by atoms with Gasteiger partial charge in [0, 0.05) is 12.4 Å². The number of aromatic nitrogens is 5. The molecule has 92 valence electrons. The molecule has 7 heteroatoms. The predicted octanol–water partition coefficient (Wildman–Crippen LogP) is 1.78. The molecule has 0 radical (unpaired) electrons. The molecule has 3 aromatic rings. The first-order chi connectivity index (χ1) is 9.28. The van der Waals surface area contributed by atoms with Crippen LogP contribution in [0.2, 0.25) is 0 Å². The van der Waals surface area contributed by atoms with Crippen molar-refractivity contribution in [2.45, 2.75) is 10.2 Å². The van der Waals surface area contributed by atoms with Crippen LogP contribution in [0, 0.1) is 11.3 Å². The van der Waals surface area contributed by atoms with Gasteiger partial charge in [0.25, 0.3) is 0 Å². The molecular formula is C12H8N6S. The quantitative estimate of drug-likeness (QED) is 0.704. The Morgan fingerprint density at radius 1 is 1.32 bits per heavy atom. The van der Waals surface area contributed by atoms with E-state index in [0.717, 1.165) is 10.9 Å². The highest BCUT2D eigenvalue weighted by atomic mass is 32.2. The van der Waals surface area contributed by atoms with E-state index in [1.807, 2.05) is 30.3 Å². The van der Waals surface area contributed by atoms with Crippen molar-refractivity contribution in [3.05, 3.63) is 35.9 Å². The Kier molecular flexibility index (Phi) is 2.85. The van der Waals surface area contributed by atoms with Gasteiger partial charge in [0.15, 0.2) is 0 Å². The zero-order valence-electron chi connectivity index (χ0n) is 9.98. The number of pyridine rings is 1. The zero-order valence-corrected chi connectivity index (χ0v) is 10.8. The van der Waals surface area contributed by atoms with Crippen LogP contribution in [0.1, 0.15) is 5.56 Å². The van der Waals surface area contributed by atoms with Crippen molar-refractivity contribution in [3.63, 3.8) is 0 Å². The third kappa shape index (κ3) is 2.13. The summed E-state index contributed by atoms with van der Waals surface area (Å²) in [6.45, 7) is 0. The van der Waals surface area contributed by atoms with Gasteiger partial charge in [0.05, 0.1) is 11.1 Å². The first-order valence-corrected chi connectivity index (χ1v) is 6.29. The summed E-state index contributed by atoms with van der Waals surface area (Å²) in [5, 5.41) is 22.6. The van der Waals surface area contributed by atoms with Gasteiger partial charge in [-0.3, -0.25) is 0 Å². The van der Waals surface area contributed by atoms with Crippen LogP contribution < -0.4 is 0 Å². The second-order valence-corrected chi connectivity index (χ2v) is 4.79. The van der Waals surface area contributed by atoms with Gasteiger partial charge in [-0.2, -0.15) is 5.26 Å². The van der Waals surface area contributed by atoms with Gasteiger partial charge in [0.2, 0.25) is 5.16 Å². The number of nitrogens with zero attached hydrogens (tertiary/aromatic N) is 6. The number of nitriles is 1. The Hall–Kier alpha value is -2.46. The van der Waals surface area contributed by atoms with Crippen molar-refractivity contribution in [3.8, 4) is 6.07 Å². The monoisotopic (exact) mass is 268 g/mol. The Balaban J connectivity index is 2.12. The largest absolute Gasteiger partial charge is 0.240 e.